The molecule has 2 heterocycles. The van der Waals surface area contributed by atoms with Gasteiger partial charge in [0.05, 0.1) is 13.0 Å². The van der Waals surface area contributed by atoms with E-state index in [9.17, 15) is 62.6 Å². The van der Waals surface area contributed by atoms with Crippen LogP contribution in [0.2, 0.25) is 0 Å². The normalized spacial score (nSPS) is 23.5. The SMILES string of the molecule is CC[C@H](C)[C@@H]1NC(=O)[C@H](Cc2ccc(O)cc2)NC(=O)CCC(=O)NC[C@@H](C(=O)N2CCC[C@H]2C(=O)N[C@H](C(=O)NCC(N)=O)[C@@H](C)CC)NC(=O)[C@H](CC(N)=O)NC(=O)[C@H](CCC(N)=O)NC1=O. The number of nitrogens with zero attached hydrogens (tertiary/aromatic N) is 1. The Hall–Kier alpha value is -7.34. The quantitative estimate of drug-likeness (QED) is 0.0703. The fraction of sp³-hybridized carbons (Fsp3) is 0.591. The van der Waals surface area contributed by atoms with Crippen LogP contribution < -0.4 is 59.7 Å². The van der Waals surface area contributed by atoms with Crippen molar-refractivity contribution in [2.75, 3.05) is 19.6 Å². The molecule has 2 saturated heterocycles. The summed E-state index contributed by atoms with van der Waals surface area (Å²) in [4.78, 5) is 161. The number of benzene rings is 1. The van der Waals surface area contributed by atoms with Gasteiger partial charge in [-0.05, 0) is 48.8 Å². The first kappa shape index (κ1) is 56.0. The standard InChI is InChI=1S/C44H66N12O13/c1-5-22(3)36(42(67)49-21-33(47)60)55-41(66)30-8-7-17-56(30)44(69)29-20-48-34(61)15-16-35(62)50-27(18-24-9-11-25(57)12-10-24)40(65)54-37(23(4)6-2)43(68)51-26(13-14-31(45)58)38(63)52-28(19-32(46)59)39(64)53-29/h9-12,22-23,26-30,36-37,57H,5-8,13-21H2,1-4H3,(H2,45,58)(H2,46,59)(H2,47,60)(H,48,61)(H,49,67)(H,50,62)(H,51,68)(H,52,63)(H,53,64)(H,54,65)(H,55,66)/t22-,23-,26-,27-,28-,29-,30-,36-,37-/m0/s1. The molecule has 380 valence electrons. The van der Waals surface area contributed by atoms with Crippen molar-refractivity contribution in [3.8, 4) is 5.75 Å². The minimum Gasteiger partial charge on any atom is -0.508 e. The summed E-state index contributed by atoms with van der Waals surface area (Å²) in [7, 11) is 0. The third-order valence-electron chi connectivity index (χ3n) is 11.9. The number of likely N-dealkylation sites (tertiary alicyclic amines) is 1. The molecule has 3 rings (SSSR count). The van der Waals surface area contributed by atoms with E-state index >= 15 is 0 Å². The number of primary amides is 3. The van der Waals surface area contributed by atoms with Gasteiger partial charge in [0.15, 0.2) is 0 Å². The lowest BCUT2D eigenvalue weighted by Crippen LogP contribution is -2.62. The molecule has 0 radical (unpaired) electrons. The van der Waals surface area contributed by atoms with Crippen molar-refractivity contribution in [2.45, 2.75) is 134 Å². The Morgan fingerprint density at radius 2 is 1.38 bits per heavy atom. The molecule has 0 aliphatic carbocycles. The van der Waals surface area contributed by atoms with E-state index in [2.05, 4.69) is 42.5 Å². The maximum Gasteiger partial charge on any atom is 0.247 e. The van der Waals surface area contributed by atoms with Crippen molar-refractivity contribution >= 4 is 70.9 Å². The molecule has 0 spiro atoms. The monoisotopic (exact) mass is 970 g/mol. The van der Waals surface area contributed by atoms with Crippen LogP contribution in [0.4, 0.5) is 0 Å². The highest BCUT2D eigenvalue weighted by Gasteiger charge is 2.41. The fourth-order valence-corrected chi connectivity index (χ4v) is 7.54. The molecular formula is C44H66N12O13. The number of phenolic OH excluding ortho intramolecular Hbond substituents is 1. The van der Waals surface area contributed by atoms with Crippen LogP contribution in [-0.4, -0.2) is 143 Å². The van der Waals surface area contributed by atoms with Gasteiger partial charge in [-0.1, -0.05) is 52.7 Å². The van der Waals surface area contributed by atoms with E-state index < -0.39 is 170 Å². The Morgan fingerprint density at radius 3 is 1.99 bits per heavy atom. The Balaban J connectivity index is 2.06. The summed E-state index contributed by atoms with van der Waals surface area (Å²) >= 11 is 0. The highest BCUT2D eigenvalue weighted by Crippen LogP contribution is 2.21. The fourth-order valence-electron chi connectivity index (χ4n) is 7.54. The number of carbonyl (C=O) groups is 12. The molecule has 15 N–H and O–H groups in total. The second kappa shape index (κ2) is 26.9. The maximum atomic E-state index is 14.4. The van der Waals surface area contributed by atoms with E-state index in [4.69, 9.17) is 17.2 Å². The van der Waals surface area contributed by atoms with Gasteiger partial charge < -0.3 is 69.7 Å². The van der Waals surface area contributed by atoms with Gasteiger partial charge in [0.1, 0.15) is 48.0 Å². The van der Waals surface area contributed by atoms with Crippen LogP contribution in [0, 0.1) is 11.8 Å². The zero-order chi connectivity index (χ0) is 51.5. The molecule has 2 fully saturated rings. The number of hydrogen-bond acceptors (Lipinski definition) is 13. The average Bonchev–Trinajstić information content (AvgIpc) is 3.80. The predicted molar refractivity (Wildman–Crippen MR) is 244 cm³/mol. The Labute approximate surface area is 398 Å². The molecule has 2 aliphatic rings. The van der Waals surface area contributed by atoms with Crippen LogP contribution in [-0.2, 0) is 64.0 Å². The van der Waals surface area contributed by atoms with E-state index in [1.54, 1.807) is 27.7 Å². The van der Waals surface area contributed by atoms with E-state index in [-0.39, 0.29) is 31.6 Å². The number of hydrogen-bond donors (Lipinski definition) is 12. The number of phenols is 1. The molecule has 25 heteroatoms. The lowest BCUT2D eigenvalue weighted by Gasteiger charge is -2.32. The molecule has 0 bridgehead atoms. The van der Waals surface area contributed by atoms with Crippen LogP contribution >= 0.6 is 0 Å². The number of aromatic hydroxyl groups is 1. The first-order chi connectivity index (χ1) is 32.5. The van der Waals surface area contributed by atoms with E-state index in [0.717, 1.165) is 4.90 Å². The maximum absolute atomic E-state index is 14.4. The summed E-state index contributed by atoms with van der Waals surface area (Å²) in [5.41, 5.74) is 16.5. The second-order valence-electron chi connectivity index (χ2n) is 17.3. The number of amides is 12. The van der Waals surface area contributed by atoms with E-state index in [1.807, 2.05) is 0 Å². The van der Waals surface area contributed by atoms with E-state index in [1.165, 1.54) is 24.3 Å². The molecular weight excluding hydrogens is 905 g/mol. The van der Waals surface area contributed by atoms with Crippen LogP contribution in [0.3, 0.4) is 0 Å². The van der Waals surface area contributed by atoms with Crippen molar-refractivity contribution < 1.29 is 62.6 Å². The summed E-state index contributed by atoms with van der Waals surface area (Å²) in [6, 6.07) is -4.44. The zero-order valence-electron chi connectivity index (χ0n) is 39.2. The smallest absolute Gasteiger partial charge is 0.247 e. The molecule has 9 atom stereocenters. The molecule has 2 aliphatic heterocycles. The van der Waals surface area contributed by atoms with Crippen LogP contribution in [0.25, 0.3) is 0 Å². The highest BCUT2D eigenvalue weighted by molar-refractivity contribution is 6.00. The predicted octanol–water partition coefficient (Wildman–Crippen LogP) is -4.42. The van der Waals surface area contributed by atoms with Crippen molar-refractivity contribution in [1.82, 2.24) is 47.4 Å². The molecule has 12 amide bonds. The molecule has 25 nitrogen and oxygen atoms in total. The van der Waals surface area contributed by atoms with Gasteiger partial charge >= 0.3 is 0 Å². The van der Waals surface area contributed by atoms with Crippen molar-refractivity contribution in [3.63, 3.8) is 0 Å². The molecule has 0 saturated carbocycles. The average molecular weight is 971 g/mol. The van der Waals surface area contributed by atoms with Gasteiger partial charge in [0.2, 0.25) is 70.9 Å². The van der Waals surface area contributed by atoms with Crippen LogP contribution in [0.15, 0.2) is 24.3 Å². The first-order valence-corrected chi connectivity index (χ1v) is 22.8. The van der Waals surface area contributed by atoms with Gasteiger partial charge in [0.25, 0.3) is 0 Å². The lowest BCUT2D eigenvalue weighted by atomic mass is 9.96. The highest BCUT2D eigenvalue weighted by atomic mass is 16.3. The van der Waals surface area contributed by atoms with Gasteiger partial charge in [-0.3, -0.25) is 57.5 Å². The Kier molecular flexibility index (Phi) is 21.8. The van der Waals surface area contributed by atoms with Gasteiger partial charge in [-0.15, -0.1) is 0 Å². The zero-order valence-corrected chi connectivity index (χ0v) is 39.2. The third-order valence-corrected chi connectivity index (χ3v) is 11.9. The van der Waals surface area contributed by atoms with Gasteiger partial charge in [0, 0.05) is 38.8 Å². The van der Waals surface area contributed by atoms with Gasteiger partial charge in [-0.2, -0.15) is 0 Å². The molecule has 0 aromatic heterocycles. The molecule has 69 heavy (non-hydrogen) atoms. The summed E-state index contributed by atoms with van der Waals surface area (Å²) < 4.78 is 0. The first-order valence-electron chi connectivity index (χ1n) is 22.8. The van der Waals surface area contributed by atoms with Crippen molar-refractivity contribution in [1.29, 1.82) is 0 Å². The third kappa shape index (κ3) is 17.7. The molecule has 0 unspecified atom stereocenters. The van der Waals surface area contributed by atoms with Crippen molar-refractivity contribution in [3.05, 3.63) is 29.8 Å². The topological polar surface area (TPSA) is 403 Å². The number of carbonyl (C=O) groups excluding carboxylic acids is 12. The number of rotatable bonds is 17. The van der Waals surface area contributed by atoms with Crippen LogP contribution in [0.5, 0.6) is 5.75 Å². The summed E-state index contributed by atoms with van der Waals surface area (Å²) in [6.45, 7) is 5.63. The largest absolute Gasteiger partial charge is 0.508 e. The molecule has 1 aromatic carbocycles. The summed E-state index contributed by atoms with van der Waals surface area (Å²) in [5, 5.41) is 29.8. The van der Waals surface area contributed by atoms with Crippen molar-refractivity contribution in [2.24, 2.45) is 29.0 Å². The molecule has 1 aromatic rings. The lowest BCUT2D eigenvalue weighted by molar-refractivity contribution is -0.143. The Bertz CT molecular complexity index is 2090. The van der Waals surface area contributed by atoms with E-state index in [0.29, 0.717) is 18.4 Å². The number of nitrogens with two attached hydrogens (primary N) is 3. The summed E-state index contributed by atoms with van der Waals surface area (Å²) in [5.74, 6) is -11.8. The Morgan fingerprint density at radius 1 is 0.754 bits per heavy atom. The minimum absolute atomic E-state index is 0.0293. The summed E-state index contributed by atoms with van der Waals surface area (Å²) in [6.07, 6.45) is -1.71. The number of nitrogens with one attached hydrogen (secondary N) is 8. The van der Waals surface area contributed by atoms with Gasteiger partial charge in [-0.25, -0.2) is 0 Å². The second-order valence-corrected chi connectivity index (χ2v) is 17.3. The van der Waals surface area contributed by atoms with Crippen LogP contribution in [0.1, 0.15) is 91.0 Å². The minimum atomic E-state index is -1.83.